The lowest BCUT2D eigenvalue weighted by Crippen LogP contribution is -2.32. The zero-order valence-corrected chi connectivity index (χ0v) is 17.4. The molecule has 1 amide bonds. The van der Waals surface area contributed by atoms with Gasteiger partial charge in [-0.3, -0.25) is 4.79 Å². The third kappa shape index (κ3) is 4.40. The first kappa shape index (κ1) is 19.8. The summed E-state index contributed by atoms with van der Waals surface area (Å²) < 4.78 is 0. The van der Waals surface area contributed by atoms with Crippen LogP contribution in [0.1, 0.15) is 34.0 Å². The van der Waals surface area contributed by atoms with Gasteiger partial charge in [-0.1, -0.05) is 36.4 Å². The molecule has 3 aromatic rings. The van der Waals surface area contributed by atoms with Gasteiger partial charge in [0.05, 0.1) is 0 Å². The zero-order valence-electron chi connectivity index (χ0n) is 17.4. The molecule has 1 aliphatic heterocycles. The number of benzene rings is 2. The molecule has 0 saturated heterocycles. The summed E-state index contributed by atoms with van der Waals surface area (Å²) in [6.07, 6.45) is 2.54. The van der Waals surface area contributed by atoms with E-state index in [1.807, 2.05) is 31.2 Å². The Labute approximate surface area is 176 Å². The second-order valence-electron chi connectivity index (χ2n) is 7.42. The highest BCUT2D eigenvalue weighted by atomic mass is 16.2. The van der Waals surface area contributed by atoms with Crippen LogP contribution in [0.5, 0.6) is 0 Å². The highest BCUT2D eigenvalue weighted by Gasteiger charge is 2.18. The second-order valence-corrected chi connectivity index (χ2v) is 7.42. The lowest BCUT2D eigenvalue weighted by atomic mass is 10.0. The van der Waals surface area contributed by atoms with E-state index < -0.39 is 0 Å². The molecule has 2 heterocycles. The van der Waals surface area contributed by atoms with Crippen molar-refractivity contribution in [3.63, 3.8) is 0 Å². The SMILES string of the molecule is CCN(C)C(=O)c1ccc(CNc2ncnc(N3CCc4ccccc4C3)n2)cc1. The van der Waals surface area contributed by atoms with Gasteiger partial charge in [0.15, 0.2) is 0 Å². The van der Waals surface area contributed by atoms with Crippen LogP contribution in [0.15, 0.2) is 54.9 Å². The van der Waals surface area contributed by atoms with Crippen LogP contribution in [-0.2, 0) is 19.5 Å². The van der Waals surface area contributed by atoms with Crippen molar-refractivity contribution < 1.29 is 4.79 Å². The summed E-state index contributed by atoms with van der Waals surface area (Å²) in [6.45, 7) is 4.92. The Morgan fingerprint density at radius 3 is 2.63 bits per heavy atom. The quantitative estimate of drug-likeness (QED) is 0.683. The number of carbonyl (C=O) groups excluding carboxylic acids is 1. The largest absolute Gasteiger partial charge is 0.350 e. The molecule has 4 rings (SSSR count). The summed E-state index contributed by atoms with van der Waals surface area (Å²) in [5.74, 6) is 1.26. The molecule has 0 atom stereocenters. The molecule has 0 unspecified atom stereocenters. The van der Waals surface area contributed by atoms with Crippen molar-refractivity contribution in [2.24, 2.45) is 0 Å². The number of nitrogens with one attached hydrogen (secondary N) is 1. The Balaban J connectivity index is 1.39. The number of amides is 1. The van der Waals surface area contributed by atoms with E-state index in [2.05, 4.69) is 49.4 Å². The summed E-state index contributed by atoms with van der Waals surface area (Å²) in [6, 6.07) is 16.1. The molecule has 30 heavy (non-hydrogen) atoms. The Kier molecular flexibility index (Phi) is 5.88. The maximum absolute atomic E-state index is 12.2. The maximum Gasteiger partial charge on any atom is 0.253 e. The van der Waals surface area contributed by atoms with Crippen LogP contribution < -0.4 is 10.2 Å². The minimum absolute atomic E-state index is 0.0298. The molecule has 0 aliphatic carbocycles. The standard InChI is InChI=1S/C23H26N6O/c1-3-28(2)21(30)19-10-8-17(9-11-19)14-24-22-25-16-26-23(27-22)29-13-12-18-6-4-5-7-20(18)15-29/h4-11,16H,3,12-15H2,1-2H3,(H,24,25,26,27). The van der Waals surface area contributed by atoms with Crippen molar-refractivity contribution >= 4 is 17.8 Å². The van der Waals surface area contributed by atoms with E-state index in [1.165, 1.54) is 11.1 Å². The Bertz CT molecular complexity index is 1020. The summed E-state index contributed by atoms with van der Waals surface area (Å²) in [4.78, 5) is 29.3. The number of hydrogen-bond donors (Lipinski definition) is 1. The molecule has 1 aliphatic rings. The van der Waals surface area contributed by atoms with Crippen molar-refractivity contribution in [1.82, 2.24) is 19.9 Å². The van der Waals surface area contributed by atoms with Crippen LogP contribution in [0, 0.1) is 0 Å². The number of fused-ring (bicyclic) bond motifs is 1. The lowest BCUT2D eigenvalue weighted by molar-refractivity contribution is 0.0802. The fourth-order valence-electron chi connectivity index (χ4n) is 3.50. The number of nitrogens with zero attached hydrogens (tertiary/aromatic N) is 5. The zero-order chi connectivity index (χ0) is 20.9. The number of carbonyl (C=O) groups is 1. The minimum Gasteiger partial charge on any atom is -0.350 e. The third-order valence-electron chi connectivity index (χ3n) is 5.45. The highest BCUT2D eigenvalue weighted by molar-refractivity contribution is 5.94. The lowest BCUT2D eigenvalue weighted by Gasteiger charge is -2.28. The van der Waals surface area contributed by atoms with Crippen LogP contribution in [-0.4, -0.2) is 45.9 Å². The predicted octanol–water partition coefficient (Wildman–Crippen LogP) is 3.14. The fraction of sp³-hybridized carbons (Fsp3) is 0.304. The second kappa shape index (κ2) is 8.90. The van der Waals surface area contributed by atoms with E-state index >= 15 is 0 Å². The van der Waals surface area contributed by atoms with Crippen molar-refractivity contribution in [2.45, 2.75) is 26.4 Å². The number of aromatic nitrogens is 3. The molecule has 154 valence electrons. The van der Waals surface area contributed by atoms with Gasteiger partial charge in [-0.05, 0) is 42.2 Å². The Morgan fingerprint density at radius 2 is 1.87 bits per heavy atom. The summed E-state index contributed by atoms with van der Waals surface area (Å²) >= 11 is 0. The van der Waals surface area contributed by atoms with Crippen LogP contribution in [0.4, 0.5) is 11.9 Å². The predicted molar refractivity (Wildman–Crippen MR) is 117 cm³/mol. The molecule has 7 heteroatoms. The van der Waals surface area contributed by atoms with Gasteiger partial charge < -0.3 is 15.1 Å². The van der Waals surface area contributed by atoms with Gasteiger partial charge in [-0.15, -0.1) is 0 Å². The molecule has 0 saturated carbocycles. The van der Waals surface area contributed by atoms with E-state index in [4.69, 9.17) is 0 Å². The first-order chi connectivity index (χ1) is 14.6. The molecule has 2 aromatic carbocycles. The highest BCUT2D eigenvalue weighted by Crippen LogP contribution is 2.22. The van der Waals surface area contributed by atoms with E-state index in [9.17, 15) is 4.79 Å². The molecular weight excluding hydrogens is 376 g/mol. The average molecular weight is 403 g/mol. The smallest absolute Gasteiger partial charge is 0.253 e. The van der Waals surface area contributed by atoms with Gasteiger partial charge in [0, 0.05) is 38.8 Å². The fourth-order valence-corrected chi connectivity index (χ4v) is 3.50. The molecule has 0 spiro atoms. The average Bonchev–Trinajstić information content (AvgIpc) is 2.82. The van der Waals surface area contributed by atoms with Gasteiger partial charge in [-0.25, -0.2) is 9.97 Å². The van der Waals surface area contributed by atoms with E-state index in [0.717, 1.165) is 25.1 Å². The van der Waals surface area contributed by atoms with Gasteiger partial charge in [-0.2, -0.15) is 4.98 Å². The normalized spacial score (nSPS) is 12.9. The minimum atomic E-state index is 0.0298. The number of hydrogen-bond acceptors (Lipinski definition) is 6. The van der Waals surface area contributed by atoms with Crippen LogP contribution in [0.3, 0.4) is 0 Å². The number of rotatable bonds is 6. The van der Waals surface area contributed by atoms with E-state index in [1.54, 1.807) is 18.3 Å². The van der Waals surface area contributed by atoms with Gasteiger partial charge >= 0.3 is 0 Å². The Morgan fingerprint density at radius 1 is 1.10 bits per heavy atom. The van der Waals surface area contributed by atoms with Crippen molar-refractivity contribution in [2.75, 3.05) is 30.4 Å². The first-order valence-corrected chi connectivity index (χ1v) is 10.2. The molecule has 1 aromatic heterocycles. The molecule has 0 radical (unpaired) electrons. The topological polar surface area (TPSA) is 74.2 Å². The molecule has 0 bridgehead atoms. The van der Waals surface area contributed by atoms with Crippen LogP contribution in [0.2, 0.25) is 0 Å². The molecule has 7 nitrogen and oxygen atoms in total. The summed E-state index contributed by atoms with van der Waals surface area (Å²) in [7, 11) is 1.80. The monoisotopic (exact) mass is 402 g/mol. The van der Waals surface area contributed by atoms with E-state index in [-0.39, 0.29) is 5.91 Å². The van der Waals surface area contributed by atoms with Crippen molar-refractivity contribution in [1.29, 1.82) is 0 Å². The Hall–Kier alpha value is -3.48. The van der Waals surface area contributed by atoms with Crippen molar-refractivity contribution in [3.8, 4) is 0 Å². The summed E-state index contributed by atoms with van der Waals surface area (Å²) in [5.41, 5.74) is 4.46. The van der Waals surface area contributed by atoms with Gasteiger partial charge in [0.25, 0.3) is 5.91 Å². The molecule has 1 N–H and O–H groups in total. The first-order valence-electron chi connectivity index (χ1n) is 10.2. The van der Waals surface area contributed by atoms with Crippen LogP contribution >= 0.6 is 0 Å². The van der Waals surface area contributed by atoms with Crippen molar-refractivity contribution in [3.05, 3.63) is 77.1 Å². The molecule has 0 fully saturated rings. The van der Waals surface area contributed by atoms with Gasteiger partial charge in [0.2, 0.25) is 11.9 Å². The molecular formula is C23H26N6O. The maximum atomic E-state index is 12.2. The van der Waals surface area contributed by atoms with E-state index in [0.29, 0.717) is 30.5 Å². The third-order valence-corrected chi connectivity index (χ3v) is 5.45. The van der Waals surface area contributed by atoms with Gasteiger partial charge in [0.1, 0.15) is 6.33 Å². The summed E-state index contributed by atoms with van der Waals surface area (Å²) in [5, 5.41) is 3.26. The van der Waals surface area contributed by atoms with Crippen LogP contribution in [0.25, 0.3) is 0 Å². The number of anilines is 2.